The molecule has 0 fully saturated rings. The molecular formula is C4H8NO2. The molecule has 0 aliphatic heterocycles. The number of ether oxygens (including phenoxy) is 1. The molecule has 0 saturated heterocycles. The van der Waals surface area contributed by atoms with Crippen LogP contribution in [0.25, 0.3) is 0 Å². The molecular weight excluding hydrogens is 94.0 g/mol. The Balaban J connectivity index is 2.56. The van der Waals surface area contributed by atoms with Gasteiger partial charge in [-0.2, -0.15) is 0 Å². The van der Waals surface area contributed by atoms with Gasteiger partial charge in [-0.1, -0.05) is 0 Å². The average Bonchev–Trinajstić information content (AvgIpc) is 1.69. The number of hydrogen-bond donors (Lipinski definition) is 1. The molecule has 0 aliphatic rings. The van der Waals surface area contributed by atoms with E-state index in [1.807, 2.05) is 0 Å². The van der Waals surface area contributed by atoms with Gasteiger partial charge in [-0.15, -0.1) is 0 Å². The van der Waals surface area contributed by atoms with Crippen molar-refractivity contribution in [3.63, 3.8) is 0 Å². The van der Waals surface area contributed by atoms with E-state index in [1.165, 1.54) is 6.47 Å². The molecule has 0 aliphatic carbocycles. The van der Waals surface area contributed by atoms with E-state index >= 15 is 0 Å². The topological polar surface area (TPSA) is 38.3 Å². The van der Waals surface area contributed by atoms with Crippen LogP contribution in [-0.2, 0) is 9.53 Å². The molecule has 0 heterocycles. The van der Waals surface area contributed by atoms with Gasteiger partial charge in [0.1, 0.15) is 6.61 Å². The van der Waals surface area contributed by atoms with Crippen molar-refractivity contribution in [2.75, 3.05) is 20.2 Å². The van der Waals surface area contributed by atoms with E-state index in [-0.39, 0.29) is 0 Å². The second-order valence-corrected chi connectivity index (χ2v) is 1.04. The molecule has 3 nitrogen and oxygen atoms in total. The van der Waals surface area contributed by atoms with Crippen LogP contribution in [0, 0.1) is 0 Å². The Labute approximate surface area is 42.7 Å². The Hall–Kier alpha value is -0.570. The van der Waals surface area contributed by atoms with Crippen molar-refractivity contribution in [3.8, 4) is 0 Å². The molecule has 41 valence electrons. The van der Waals surface area contributed by atoms with Gasteiger partial charge in [0.25, 0.3) is 0 Å². The molecule has 0 unspecified atom stereocenters. The van der Waals surface area contributed by atoms with E-state index < -0.39 is 0 Å². The summed E-state index contributed by atoms with van der Waals surface area (Å²) in [5.41, 5.74) is 0. The van der Waals surface area contributed by atoms with Gasteiger partial charge in [-0.3, -0.25) is 0 Å². The maximum Gasteiger partial charge on any atom is 0.417 e. The average molecular weight is 102 g/mol. The van der Waals surface area contributed by atoms with Crippen LogP contribution in [-0.4, -0.2) is 26.7 Å². The molecule has 0 spiro atoms. The van der Waals surface area contributed by atoms with Crippen molar-refractivity contribution in [3.05, 3.63) is 0 Å². The van der Waals surface area contributed by atoms with Crippen LogP contribution in [0.1, 0.15) is 0 Å². The Kier molecular flexibility index (Phi) is 4.99. The molecule has 0 rings (SSSR count). The van der Waals surface area contributed by atoms with E-state index in [9.17, 15) is 4.79 Å². The highest BCUT2D eigenvalue weighted by Crippen LogP contribution is 1.59. The number of hydrogen-bond acceptors (Lipinski definition) is 3. The van der Waals surface area contributed by atoms with Crippen LogP contribution in [0.5, 0.6) is 0 Å². The first kappa shape index (κ1) is 6.43. The third-order valence-corrected chi connectivity index (χ3v) is 0.513. The number of likely N-dealkylation sites (N-methyl/N-ethyl adjacent to an activating group) is 1. The van der Waals surface area contributed by atoms with Crippen LogP contribution in [0.2, 0.25) is 0 Å². The quantitative estimate of drug-likeness (QED) is 0.476. The van der Waals surface area contributed by atoms with E-state index in [2.05, 4.69) is 10.1 Å². The van der Waals surface area contributed by atoms with Gasteiger partial charge in [0, 0.05) is 6.54 Å². The van der Waals surface area contributed by atoms with Gasteiger partial charge in [0.15, 0.2) is 0 Å². The lowest BCUT2D eigenvalue weighted by atomic mass is 10.7. The summed E-state index contributed by atoms with van der Waals surface area (Å²) in [6, 6.07) is 0. The zero-order chi connectivity index (χ0) is 5.54. The number of nitrogens with one attached hydrogen (secondary N) is 1. The Bertz CT molecular complexity index is 47.0. The first-order valence-electron chi connectivity index (χ1n) is 2.05. The smallest absolute Gasteiger partial charge is 0.417 e. The molecule has 0 atom stereocenters. The molecule has 1 N–H and O–H groups in total. The number of carbonyl (C=O) groups excluding carboxylic acids is 1. The van der Waals surface area contributed by atoms with Crippen LogP contribution in [0.3, 0.4) is 0 Å². The van der Waals surface area contributed by atoms with Crippen molar-refractivity contribution in [2.45, 2.75) is 0 Å². The molecule has 0 bridgehead atoms. The largest absolute Gasteiger partial charge is 0.456 e. The van der Waals surface area contributed by atoms with Crippen molar-refractivity contribution in [1.82, 2.24) is 5.32 Å². The fraction of sp³-hybridized carbons (Fsp3) is 0.750. The SMILES string of the molecule is CNCCO[C]=O. The Morgan fingerprint density at radius 3 is 3.00 bits per heavy atom. The lowest BCUT2D eigenvalue weighted by Gasteiger charge is -1.91. The fourth-order valence-corrected chi connectivity index (χ4v) is 0.195. The predicted molar refractivity (Wildman–Crippen MR) is 25.6 cm³/mol. The third kappa shape index (κ3) is 5.43. The molecule has 0 amide bonds. The van der Waals surface area contributed by atoms with Crippen LogP contribution in [0.4, 0.5) is 0 Å². The lowest BCUT2D eigenvalue weighted by molar-refractivity contribution is 0.279. The van der Waals surface area contributed by atoms with Crippen LogP contribution in [0.15, 0.2) is 0 Å². The summed E-state index contributed by atoms with van der Waals surface area (Å²) in [4.78, 5) is 9.30. The molecule has 0 aromatic heterocycles. The minimum absolute atomic E-state index is 0.403. The Morgan fingerprint density at radius 2 is 2.57 bits per heavy atom. The lowest BCUT2D eigenvalue weighted by Crippen LogP contribution is -2.13. The van der Waals surface area contributed by atoms with Crippen molar-refractivity contribution in [1.29, 1.82) is 0 Å². The molecule has 3 heteroatoms. The molecule has 0 aromatic carbocycles. The van der Waals surface area contributed by atoms with Gasteiger partial charge in [-0.25, -0.2) is 4.79 Å². The van der Waals surface area contributed by atoms with Crippen molar-refractivity contribution in [2.24, 2.45) is 0 Å². The summed E-state index contributed by atoms with van der Waals surface area (Å²) in [5.74, 6) is 0. The Morgan fingerprint density at radius 1 is 1.86 bits per heavy atom. The van der Waals surface area contributed by atoms with Crippen molar-refractivity contribution < 1.29 is 9.53 Å². The predicted octanol–water partition coefficient (Wildman–Crippen LogP) is -0.710. The van der Waals surface area contributed by atoms with Crippen LogP contribution < -0.4 is 5.32 Å². The van der Waals surface area contributed by atoms with E-state index in [0.29, 0.717) is 13.2 Å². The van der Waals surface area contributed by atoms with Crippen LogP contribution >= 0.6 is 0 Å². The molecule has 1 radical (unpaired) electrons. The van der Waals surface area contributed by atoms with E-state index in [1.54, 1.807) is 7.05 Å². The first-order chi connectivity index (χ1) is 3.41. The first-order valence-corrected chi connectivity index (χ1v) is 2.05. The monoisotopic (exact) mass is 102 g/mol. The van der Waals surface area contributed by atoms with Gasteiger partial charge < -0.3 is 10.1 Å². The van der Waals surface area contributed by atoms with Gasteiger partial charge in [0.05, 0.1) is 0 Å². The van der Waals surface area contributed by atoms with E-state index in [4.69, 9.17) is 0 Å². The summed E-state index contributed by atoms with van der Waals surface area (Å²) in [7, 11) is 1.79. The van der Waals surface area contributed by atoms with E-state index in [0.717, 1.165) is 0 Å². The minimum atomic E-state index is 0.403. The highest BCUT2D eigenvalue weighted by Gasteiger charge is 1.78. The third-order valence-electron chi connectivity index (χ3n) is 0.513. The standard InChI is InChI=1S/C4H8NO2/c1-5-2-3-7-4-6/h5H,2-3H2,1H3. The highest BCUT2D eigenvalue weighted by molar-refractivity contribution is 5.38. The minimum Gasteiger partial charge on any atom is -0.456 e. The highest BCUT2D eigenvalue weighted by atomic mass is 16.5. The second-order valence-electron chi connectivity index (χ2n) is 1.04. The number of rotatable bonds is 4. The van der Waals surface area contributed by atoms with Gasteiger partial charge in [-0.05, 0) is 7.05 Å². The zero-order valence-electron chi connectivity index (χ0n) is 4.23. The van der Waals surface area contributed by atoms with Gasteiger partial charge >= 0.3 is 6.47 Å². The molecule has 0 saturated carbocycles. The molecule has 7 heavy (non-hydrogen) atoms. The summed E-state index contributed by atoms with van der Waals surface area (Å²) in [6.45, 7) is 2.40. The second kappa shape index (κ2) is 5.43. The van der Waals surface area contributed by atoms with Crippen molar-refractivity contribution >= 4 is 6.47 Å². The summed E-state index contributed by atoms with van der Waals surface area (Å²) >= 11 is 0. The zero-order valence-corrected chi connectivity index (χ0v) is 4.23. The normalized spacial score (nSPS) is 8.14. The maximum absolute atomic E-state index is 9.30. The summed E-state index contributed by atoms with van der Waals surface area (Å²) < 4.78 is 4.21. The maximum atomic E-state index is 9.30. The summed E-state index contributed by atoms with van der Waals surface area (Å²) in [5, 5.41) is 2.80. The molecule has 0 aromatic rings. The summed E-state index contributed by atoms with van der Waals surface area (Å²) in [6.07, 6.45) is 0. The fourth-order valence-electron chi connectivity index (χ4n) is 0.195. The van der Waals surface area contributed by atoms with Gasteiger partial charge in [0.2, 0.25) is 0 Å².